The molecular weight excluding hydrogens is 265 g/mol. The molecule has 0 aliphatic heterocycles. The van der Waals surface area contributed by atoms with Gasteiger partial charge in [-0.3, -0.25) is 10.1 Å². The first-order valence-corrected chi connectivity index (χ1v) is 5.83. The second-order valence-electron chi connectivity index (χ2n) is 4.24. The fourth-order valence-corrected chi connectivity index (χ4v) is 1.77. The summed E-state index contributed by atoms with van der Waals surface area (Å²) in [6.45, 7) is 1.59. The first-order chi connectivity index (χ1) is 9.51. The molecule has 0 heterocycles. The van der Waals surface area contributed by atoms with Crippen molar-refractivity contribution >= 4 is 5.69 Å². The van der Waals surface area contributed by atoms with E-state index < -0.39 is 16.4 Å². The van der Waals surface area contributed by atoms with E-state index in [9.17, 15) is 19.6 Å². The lowest BCUT2D eigenvalue weighted by Crippen LogP contribution is -1.97. The quantitative estimate of drug-likeness (QED) is 0.687. The number of nitro groups is 1. The number of rotatable bonds is 4. The molecule has 1 N–H and O–H groups in total. The molecule has 0 aliphatic rings. The summed E-state index contributed by atoms with van der Waals surface area (Å²) in [7, 11) is 0. The number of hydrogen-bond donors (Lipinski definition) is 1. The first-order valence-electron chi connectivity index (χ1n) is 5.83. The van der Waals surface area contributed by atoms with E-state index in [1.54, 1.807) is 18.2 Å². The third-order valence-corrected chi connectivity index (χ3v) is 2.72. The highest BCUT2D eigenvalue weighted by molar-refractivity contribution is 5.50. The van der Waals surface area contributed by atoms with Gasteiger partial charge in [-0.25, -0.2) is 4.39 Å². The molecule has 2 rings (SSSR count). The summed E-state index contributed by atoms with van der Waals surface area (Å²) in [6, 6.07) is 8.13. The molecule has 104 valence electrons. The molecule has 0 unspecified atom stereocenters. The summed E-state index contributed by atoms with van der Waals surface area (Å²) in [5, 5.41) is 20.2. The van der Waals surface area contributed by atoms with E-state index in [4.69, 9.17) is 4.74 Å². The average molecular weight is 277 g/mol. The van der Waals surface area contributed by atoms with Crippen LogP contribution in [0.2, 0.25) is 0 Å². The lowest BCUT2D eigenvalue weighted by molar-refractivity contribution is -0.385. The van der Waals surface area contributed by atoms with Gasteiger partial charge in [-0.15, -0.1) is 0 Å². The zero-order valence-corrected chi connectivity index (χ0v) is 10.7. The number of hydrogen-bond acceptors (Lipinski definition) is 4. The molecule has 0 saturated heterocycles. The first kappa shape index (κ1) is 14.0. The van der Waals surface area contributed by atoms with Gasteiger partial charge >= 0.3 is 5.69 Å². The van der Waals surface area contributed by atoms with Crippen LogP contribution in [-0.4, -0.2) is 10.0 Å². The molecule has 6 heteroatoms. The molecule has 2 aromatic carbocycles. The van der Waals surface area contributed by atoms with Gasteiger partial charge < -0.3 is 9.84 Å². The summed E-state index contributed by atoms with van der Waals surface area (Å²) in [4.78, 5) is 10.2. The summed E-state index contributed by atoms with van der Waals surface area (Å²) in [5.41, 5.74) is 0.966. The molecule has 0 saturated carbocycles. The van der Waals surface area contributed by atoms with Gasteiger partial charge in [0, 0.05) is 5.56 Å². The van der Waals surface area contributed by atoms with Crippen LogP contribution in [0, 0.1) is 22.9 Å². The van der Waals surface area contributed by atoms with E-state index >= 15 is 0 Å². The van der Waals surface area contributed by atoms with Crippen molar-refractivity contribution in [2.75, 3.05) is 0 Å². The Balaban J connectivity index is 2.42. The number of halogens is 1. The maximum Gasteiger partial charge on any atom is 0.314 e. The van der Waals surface area contributed by atoms with Crippen LogP contribution in [-0.2, 0) is 6.61 Å². The summed E-state index contributed by atoms with van der Waals surface area (Å²) < 4.78 is 18.5. The zero-order valence-electron chi connectivity index (χ0n) is 10.7. The number of benzene rings is 2. The van der Waals surface area contributed by atoms with Gasteiger partial charge in [-0.05, 0) is 25.1 Å². The minimum absolute atomic E-state index is 0.0741. The lowest BCUT2D eigenvalue weighted by Gasteiger charge is -2.10. The Kier molecular flexibility index (Phi) is 3.95. The molecule has 0 bridgehead atoms. The largest absolute Gasteiger partial charge is 0.450 e. The topological polar surface area (TPSA) is 72.6 Å². The molecule has 2 aromatic rings. The van der Waals surface area contributed by atoms with Crippen LogP contribution in [0.4, 0.5) is 10.1 Å². The van der Waals surface area contributed by atoms with Crippen molar-refractivity contribution in [3.8, 4) is 11.5 Å². The molecule has 5 nitrogen and oxygen atoms in total. The Labute approximate surface area is 114 Å². The minimum Gasteiger partial charge on any atom is -0.450 e. The Hall–Kier alpha value is -2.47. The third kappa shape index (κ3) is 2.92. The Bertz CT molecular complexity index is 658. The molecule has 0 fully saturated rings. The molecule has 0 spiro atoms. The number of nitrogens with zero attached hydrogens (tertiary/aromatic N) is 1. The van der Waals surface area contributed by atoms with Crippen LogP contribution in [0.5, 0.6) is 11.5 Å². The lowest BCUT2D eigenvalue weighted by atomic mass is 10.1. The van der Waals surface area contributed by atoms with Crippen LogP contribution >= 0.6 is 0 Å². The van der Waals surface area contributed by atoms with Crippen molar-refractivity contribution in [2.45, 2.75) is 13.5 Å². The van der Waals surface area contributed by atoms with Gasteiger partial charge in [-0.2, -0.15) is 0 Å². The molecule has 0 aromatic heterocycles. The molecule has 0 amide bonds. The van der Waals surface area contributed by atoms with Crippen LogP contribution in [0.3, 0.4) is 0 Å². The number of ether oxygens (including phenoxy) is 1. The highest BCUT2D eigenvalue weighted by atomic mass is 19.1. The van der Waals surface area contributed by atoms with E-state index in [2.05, 4.69) is 0 Å². The fraction of sp³-hybridized carbons (Fsp3) is 0.143. The van der Waals surface area contributed by atoms with Crippen molar-refractivity contribution in [1.82, 2.24) is 0 Å². The summed E-state index contributed by atoms with van der Waals surface area (Å²) in [6.07, 6.45) is 0. The number of aliphatic hydroxyl groups excluding tert-OH is 1. The number of nitro benzene ring substituents is 1. The van der Waals surface area contributed by atoms with Crippen LogP contribution < -0.4 is 4.74 Å². The summed E-state index contributed by atoms with van der Waals surface area (Å²) >= 11 is 0. The van der Waals surface area contributed by atoms with Crippen molar-refractivity contribution in [1.29, 1.82) is 0 Å². The second kappa shape index (κ2) is 5.66. The molecule has 0 atom stereocenters. The maximum atomic E-state index is 13.0. The monoisotopic (exact) mass is 277 g/mol. The van der Waals surface area contributed by atoms with Crippen LogP contribution in [0.25, 0.3) is 0 Å². The summed E-state index contributed by atoms with van der Waals surface area (Å²) in [5.74, 6) is -0.488. The van der Waals surface area contributed by atoms with Crippen LogP contribution in [0.15, 0.2) is 36.4 Å². The van der Waals surface area contributed by atoms with E-state index in [1.807, 2.05) is 6.92 Å². The Morgan fingerprint density at radius 3 is 2.60 bits per heavy atom. The van der Waals surface area contributed by atoms with Crippen molar-refractivity contribution in [3.63, 3.8) is 0 Å². The average Bonchev–Trinajstić information content (AvgIpc) is 2.42. The van der Waals surface area contributed by atoms with Gasteiger partial charge in [0.2, 0.25) is 5.75 Å². The van der Waals surface area contributed by atoms with Gasteiger partial charge in [0.25, 0.3) is 0 Å². The number of aliphatic hydroxyl groups is 1. The zero-order chi connectivity index (χ0) is 14.7. The second-order valence-corrected chi connectivity index (χ2v) is 4.24. The Morgan fingerprint density at radius 2 is 1.95 bits per heavy atom. The van der Waals surface area contributed by atoms with E-state index in [0.29, 0.717) is 11.3 Å². The van der Waals surface area contributed by atoms with Gasteiger partial charge in [0.1, 0.15) is 11.6 Å². The van der Waals surface area contributed by atoms with Crippen molar-refractivity contribution in [2.24, 2.45) is 0 Å². The standard InChI is InChI=1S/C14H12FNO4/c1-9-2-4-13(10(6-9)8-17)20-14-5-3-11(15)7-12(14)16(18)19/h2-7,17H,8H2,1H3. The minimum atomic E-state index is -0.717. The normalized spacial score (nSPS) is 10.3. The predicted octanol–water partition coefficient (Wildman–Crippen LogP) is 3.33. The highest BCUT2D eigenvalue weighted by Gasteiger charge is 2.18. The fourth-order valence-electron chi connectivity index (χ4n) is 1.77. The van der Waals surface area contributed by atoms with Gasteiger partial charge in [0.05, 0.1) is 17.6 Å². The number of aryl methyl sites for hydroxylation is 1. The highest BCUT2D eigenvalue weighted by Crippen LogP contribution is 2.33. The molecule has 0 aliphatic carbocycles. The van der Waals surface area contributed by atoms with E-state index in [-0.39, 0.29) is 12.4 Å². The van der Waals surface area contributed by atoms with Gasteiger partial charge in [0.15, 0.2) is 0 Å². The van der Waals surface area contributed by atoms with Crippen molar-refractivity contribution < 1.29 is 19.2 Å². The SMILES string of the molecule is Cc1ccc(Oc2ccc(F)cc2[N+](=O)[O-])c(CO)c1. The van der Waals surface area contributed by atoms with Gasteiger partial charge in [-0.1, -0.05) is 17.7 Å². The third-order valence-electron chi connectivity index (χ3n) is 2.72. The predicted molar refractivity (Wildman–Crippen MR) is 70.2 cm³/mol. The smallest absolute Gasteiger partial charge is 0.314 e. The maximum absolute atomic E-state index is 13.0. The molecule has 0 radical (unpaired) electrons. The van der Waals surface area contributed by atoms with Crippen molar-refractivity contribution in [3.05, 3.63) is 63.5 Å². The Morgan fingerprint density at radius 1 is 1.25 bits per heavy atom. The molecule has 20 heavy (non-hydrogen) atoms. The van der Waals surface area contributed by atoms with E-state index in [0.717, 1.165) is 17.7 Å². The molecular formula is C14H12FNO4. The van der Waals surface area contributed by atoms with Crippen LogP contribution in [0.1, 0.15) is 11.1 Å². The van der Waals surface area contributed by atoms with E-state index in [1.165, 1.54) is 6.07 Å².